The molecule has 0 aliphatic heterocycles. The molecule has 0 fully saturated rings. The van der Waals surface area contributed by atoms with Crippen LogP contribution in [-0.2, 0) is 4.84 Å². The standard InChI is InChI=1S/C9H10NO2/c1-10(12-2)9(11)8-6-4-3-5-7-8/h4-7H,1-2H3. The first-order chi connectivity index (χ1) is 5.75. The summed E-state index contributed by atoms with van der Waals surface area (Å²) in [6, 6.07) is 9.60. The molecule has 0 heterocycles. The fourth-order valence-corrected chi connectivity index (χ4v) is 0.794. The molecule has 12 heavy (non-hydrogen) atoms. The van der Waals surface area contributed by atoms with Gasteiger partial charge in [-0.2, -0.15) is 0 Å². The molecule has 1 rings (SSSR count). The molecule has 1 aromatic carbocycles. The predicted molar refractivity (Wildman–Crippen MR) is 44.4 cm³/mol. The van der Waals surface area contributed by atoms with Crippen molar-refractivity contribution < 1.29 is 9.63 Å². The Labute approximate surface area is 71.5 Å². The van der Waals surface area contributed by atoms with Crippen molar-refractivity contribution >= 4 is 5.91 Å². The Morgan fingerprint density at radius 2 is 2.08 bits per heavy atom. The van der Waals surface area contributed by atoms with Crippen LogP contribution in [0.25, 0.3) is 0 Å². The van der Waals surface area contributed by atoms with Crippen molar-refractivity contribution in [3.8, 4) is 0 Å². The van der Waals surface area contributed by atoms with Gasteiger partial charge in [0.05, 0.1) is 7.11 Å². The zero-order chi connectivity index (χ0) is 8.97. The van der Waals surface area contributed by atoms with Crippen LogP contribution in [0.2, 0.25) is 0 Å². The van der Waals surface area contributed by atoms with Gasteiger partial charge in [-0.05, 0) is 18.2 Å². The van der Waals surface area contributed by atoms with Crippen LogP contribution < -0.4 is 0 Å². The van der Waals surface area contributed by atoms with Crippen molar-refractivity contribution in [1.82, 2.24) is 5.06 Å². The van der Waals surface area contributed by atoms with E-state index in [4.69, 9.17) is 4.84 Å². The van der Waals surface area contributed by atoms with Gasteiger partial charge in [-0.3, -0.25) is 9.63 Å². The highest BCUT2D eigenvalue weighted by Crippen LogP contribution is 2.01. The molecular weight excluding hydrogens is 154 g/mol. The summed E-state index contributed by atoms with van der Waals surface area (Å²) >= 11 is 0. The Bertz CT molecular complexity index is 258. The number of benzene rings is 1. The molecule has 0 saturated carbocycles. The largest absolute Gasteiger partial charge is 0.277 e. The first-order valence-corrected chi connectivity index (χ1v) is 3.54. The molecule has 1 radical (unpaired) electrons. The summed E-state index contributed by atoms with van der Waals surface area (Å²) in [7, 11) is 3.02. The van der Waals surface area contributed by atoms with E-state index < -0.39 is 0 Å². The normalized spacial score (nSPS) is 9.50. The van der Waals surface area contributed by atoms with Gasteiger partial charge in [-0.1, -0.05) is 12.1 Å². The second-order valence-electron chi connectivity index (χ2n) is 2.27. The first-order valence-electron chi connectivity index (χ1n) is 3.54. The second-order valence-corrected chi connectivity index (χ2v) is 2.27. The van der Waals surface area contributed by atoms with Crippen molar-refractivity contribution in [3.05, 3.63) is 35.9 Å². The van der Waals surface area contributed by atoms with Crippen LogP contribution in [0.4, 0.5) is 0 Å². The molecule has 1 amide bonds. The molecule has 63 valence electrons. The smallest absolute Gasteiger partial charge is 0.274 e. The lowest BCUT2D eigenvalue weighted by Gasteiger charge is -2.12. The lowest BCUT2D eigenvalue weighted by atomic mass is 10.2. The van der Waals surface area contributed by atoms with E-state index in [1.165, 1.54) is 12.2 Å². The van der Waals surface area contributed by atoms with E-state index in [-0.39, 0.29) is 5.91 Å². The molecule has 0 aliphatic rings. The molecule has 0 N–H and O–H groups in total. The number of hydrogen-bond donors (Lipinski definition) is 0. The van der Waals surface area contributed by atoms with Crippen LogP contribution in [0, 0.1) is 6.07 Å². The van der Waals surface area contributed by atoms with Crippen molar-refractivity contribution in [3.63, 3.8) is 0 Å². The van der Waals surface area contributed by atoms with E-state index in [0.29, 0.717) is 5.56 Å². The maximum atomic E-state index is 11.4. The second kappa shape index (κ2) is 3.88. The van der Waals surface area contributed by atoms with Gasteiger partial charge in [0.15, 0.2) is 0 Å². The van der Waals surface area contributed by atoms with Crippen LogP contribution in [0.3, 0.4) is 0 Å². The topological polar surface area (TPSA) is 29.5 Å². The minimum atomic E-state index is -0.161. The Kier molecular flexibility index (Phi) is 2.82. The van der Waals surface area contributed by atoms with E-state index >= 15 is 0 Å². The molecule has 1 aromatic rings. The average Bonchev–Trinajstić information content (AvgIpc) is 2.17. The predicted octanol–water partition coefficient (Wildman–Crippen LogP) is 1.12. The van der Waals surface area contributed by atoms with Crippen LogP contribution in [0.5, 0.6) is 0 Å². The third-order valence-corrected chi connectivity index (χ3v) is 1.53. The van der Waals surface area contributed by atoms with Crippen LogP contribution in [-0.4, -0.2) is 25.1 Å². The first kappa shape index (κ1) is 8.74. The van der Waals surface area contributed by atoms with Crippen molar-refractivity contribution in [2.24, 2.45) is 0 Å². The number of carbonyl (C=O) groups is 1. The highest BCUT2D eigenvalue weighted by Gasteiger charge is 2.08. The highest BCUT2D eigenvalue weighted by atomic mass is 16.7. The van der Waals surface area contributed by atoms with E-state index in [9.17, 15) is 4.79 Å². The maximum Gasteiger partial charge on any atom is 0.277 e. The van der Waals surface area contributed by atoms with Gasteiger partial charge >= 0.3 is 0 Å². The molecule has 0 saturated heterocycles. The monoisotopic (exact) mass is 164 g/mol. The van der Waals surface area contributed by atoms with Gasteiger partial charge in [-0.15, -0.1) is 0 Å². The molecule has 0 spiro atoms. The lowest BCUT2D eigenvalue weighted by molar-refractivity contribution is -0.0756. The summed E-state index contributed by atoms with van der Waals surface area (Å²) in [6.45, 7) is 0. The summed E-state index contributed by atoms with van der Waals surface area (Å²) in [5.74, 6) is -0.161. The van der Waals surface area contributed by atoms with E-state index in [1.54, 1.807) is 31.3 Å². The number of hydroxylamine groups is 2. The van der Waals surface area contributed by atoms with Crippen LogP contribution in [0.1, 0.15) is 10.4 Å². The summed E-state index contributed by atoms with van der Waals surface area (Å²) in [4.78, 5) is 16.1. The van der Waals surface area contributed by atoms with Gasteiger partial charge in [-0.25, -0.2) is 5.06 Å². The molecule has 0 aromatic heterocycles. The Hall–Kier alpha value is -1.35. The van der Waals surface area contributed by atoms with Gasteiger partial charge in [0.25, 0.3) is 5.91 Å². The Morgan fingerprint density at radius 3 is 2.58 bits per heavy atom. The Morgan fingerprint density at radius 1 is 1.50 bits per heavy atom. The number of hydrogen-bond acceptors (Lipinski definition) is 2. The summed E-state index contributed by atoms with van der Waals surface area (Å²) < 4.78 is 0. The van der Waals surface area contributed by atoms with Crippen molar-refractivity contribution in [2.45, 2.75) is 0 Å². The maximum absolute atomic E-state index is 11.4. The minimum absolute atomic E-state index is 0.161. The van der Waals surface area contributed by atoms with Gasteiger partial charge < -0.3 is 0 Å². The fraction of sp³-hybridized carbons (Fsp3) is 0.222. The van der Waals surface area contributed by atoms with Gasteiger partial charge in [0, 0.05) is 12.6 Å². The number of carbonyl (C=O) groups excluding carboxylic acids is 1. The summed E-state index contributed by atoms with van der Waals surface area (Å²) in [5, 5.41) is 1.18. The Balaban J connectivity index is 2.79. The van der Waals surface area contributed by atoms with Crippen molar-refractivity contribution in [1.29, 1.82) is 0 Å². The molecule has 0 atom stereocenters. The molecule has 3 nitrogen and oxygen atoms in total. The number of nitrogens with zero attached hydrogens (tertiary/aromatic N) is 1. The molecule has 0 bridgehead atoms. The molecule has 0 unspecified atom stereocenters. The SMILES string of the molecule is CON(C)C(=O)c1cc[c]cc1. The number of amides is 1. The fourth-order valence-electron chi connectivity index (χ4n) is 0.794. The zero-order valence-corrected chi connectivity index (χ0v) is 7.07. The summed E-state index contributed by atoms with van der Waals surface area (Å²) in [5.41, 5.74) is 0.595. The molecule has 3 heteroatoms. The average molecular weight is 164 g/mol. The van der Waals surface area contributed by atoms with E-state index in [2.05, 4.69) is 6.07 Å². The summed E-state index contributed by atoms with van der Waals surface area (Å²) in [6.07, 6.45) is 0. The van der Waals surface area contributed by atoms with Gasteiger partial charge in [0.1, 0.15) is 0 Å². The lowest BCUT2D eigenvalue weighted by Crippen LogP contribution is -2.25. The quantitative estimate of drug-likeness (QED) is 0.613. The third-order valence-electron chi connectivity index (χ3n) is 1.53. The van der Waals surface area contributed by atoms with Gasteiger partial charge in [0.2, 0.25) is 0 Å². The molecule has 0 aliphatic carbocycles. The van der Waals surface area contributed by atoms with Crippen LogP contribution >= 0.6 is 0 Å². The number of rotatable bonds is 2. The minimum Gasteiger partial charge on any atom is -0.274 e. The van der Waals surface area contributed by atoms with E-state index in [0.717, 1.165) is 0 Å². The zero-order valence-electron chi connectivity index (χ0n) is 7.07. The van der Waals surface area contributed by atoms with Crippen molar-refractivity contribution in [2.75, 3.05) is 14.2 Å². The highest BCUT2D eigenvalue weighted by molar-refractivity contribution is 5.93. The van der Waals surface area contributed by atoms with E-state index in [1.807, 2.05) is 0 Å². The third kappa shape index (κ3) is 1.83. The molecular formula is C9H10NO2. The van der Waals surface area contributed by atoms with Crippen LogP contribution in [0.15, 0.2) is 24.3 Å².